The van der Waals surface area contributed by atoms with Gasteiger partial charge in [-0.2, -0.15) is 5.26 Å². The van der Waals surface area contributed by atoms with Crippen LogP contribution in [-0.2, 0) is 5.41 Å². The van der Waals surface area contributed by atoms with Crippen molar-refractivity contribution in [2.45, 2.75) is 84.5 Å². The third-order valence-electron chi connectivity index (χ3n) is 7.70. The van der Waals surface area contributed by atoms with Crippen LogP contribution in [0.4, 0.5) is 11.4 Å². The molecular weight excluding hydrogens is 490 g/mol. The number of allylic oxidation sites excluding steroid dienone is 2. The Morgan fingerprint density at radius 1 is 1.05 bits per heavy atom. The van der Waals surface area contributed by atoms with Crippen molar-refractivity contribution >= 4 is 17.6 Å². The highest BCUT2D eigenvalue weighted by atomic mass is 14.8. The molecule has 1 heterocycles. The van der Waals surface area contributed by atoms with E-state index in [2.05, 4.69) is 55.7 Å². The van der Waals surface area contributed by atoms with E-state index in [-0.39, 0.29) is 0 Å². The molecule has 0 saturated heterocycles. The molecule has 5 nitrogen and oxygen atoms in total. The summed E-state index contributed by atoms with van der Waals surface area (Å²) in [5, 5.41) is 9.64. The van der Waals surface area contributed by atoms with Gasteiger partial charge in [-0.1, -0.05) is 64.8 Å². The molecule has 1 aromatic heterocycles. The topological polar surface area (TPSA) is 79.4 Å². The minimum Gasteiger partial charge on any atom is -0.401 e. The SMILES string of the molecule is [C-]#[N+]c1cc(-c2cccc(C(C)(C)C(N)=CC=Nc3ccc(C(C)CCC)c(C#N)c3)n2)ccc1C(C)CCC. The molecule has 2 aromatic carbocycles. The minimum atomic E-state index is -0.544. The van der Waals surface area contributed by atoms with Gasteiger partial charge < -0.3 is 5.73 Å². The molecule has 40 heavy (non-hydrogen) atoms. The van der Waals surface area contributed by atoms with Gasteiger partial charge in [0.2, 0.25) is 0 Å². The fraction of sp³-hybridized carbons (Fsp3) is 0.371. The molecule has 0 fully saturated rings. The van der Waals surface area contributed by atoms with Crippen molar-refractivity contribution < 1.29 is 0 Å². The van der Waals surface area contributed by atoms with Gasteiger partial charge in [-0.3, -0.25) is 9.98 Å². The average molecular weight is 532 g/mol. The highest BCUT2D eigenvalue weighted by molar-refractivity contribution is 5.76. The van der Waals surface area contributed by atoms with Gasteiger partial charge in [0.05, 0.1) is 35.3 Å². The van der Waals surface area contributed by atoms with Crippen molar-refractivity contribution in [3.8, 4) is 17.3 Å². The molecule has 0 aliphatic heterocycles. The Morgan fingerprint density at radius 2 is 1.73 bits per heavy atom. The van der Waals surface area contributed by atoms with Crippen LogP contribution in [-0.4, -0.2) is 11.2 Å². The quantitative estimate of drug-likeness (QED) is 0.198. The van der Waals surface area contributed by atoms with E-state index in [1.54, 1.807) is 12.3 Å². The molecule has 0 aliphatic rings. The Bertz CT molecular complexity index is 1470. The van der Waals surface area contributed by atoms with E-state index in [0.29, 0.717) is 28.8 Å². The van der Waals surface area contributed by atoms with Crippen LogP contribution in [0.3, 0.4) is 0 Å². The van der Waals surface area contributed by atoms with Crippen molar-refractivity contribution in [3.63, 3.8) is 0 Å². The molecule has 0 amide bonds. The Balaban J connectivity index is 1.85. The molecule has 0 radical (unpaired) electrons. The number of aliphatic imine (C=N–C) groups is 1. The van der Waals surface area contributed by atoms with Crippen LogP contribution in [0.25, 0.3) is 16.1 Å². The summed E-state index contributed by atoms with van der Waals surface area (Å²) < 4.78 is 0. The van der Waals surface area contributed by atoms with Crippen molar-refractivity contribution in [2.24, 2.45) is 10.7 Å². The normalized spacial score (nSPS) is 13.6. The van der Waals surface area contributed by atoms with E-state index < -0.39 is 5.41 Å². The summed E-state index contributed by atoms with van der Waals surface area (Å²) in [5.41, 5.74) is 13.4. The Morgan fingerprint density at radius 3 is 2.38 bits per heavy atom. The van der Waals surface area contributed by atoms with Gasteiger partial charge in [0.25, 0.3) is 0 Å². The second kappa shape index (κ2) is 13.7. The van der Waals surface area contributed by atoms with Gasteiger partial charge in [0.1, 0.15) is 0 Å². The number of nitrogens with zero attached hydrogens (tertiary/aromatic N) is 4. The molecule has 2 N–H and O–H groups in total. The maximum atomic E-state index is 9.64. The van der Waals surface area contributed by atoms with E-state index in [4.69, 9.17) is 17.3 Å². The third-order valence-corrected chi connectivity index (χ3v) is 7.70. The molecule has 0 spiro atoms. The van der Waals surface area contributed by atoms with Crippen molar-refractivity contribution in [1.82, 2.24) is 4.98 Å². The Labute approximate surface area is 240 Å². The number of nitrogens with two attached hydrogens (primary N) is 1. The molecule has 2 atom stereocenters. The first-order chi connectivity index (χ1) is 19.2. The summed E-state index contributed by atoms with van der Waals surface area (Å²) in [5.74, 6) is 0.690. The maximum absolute atomic E-state index is 9.64. The van der Waals surface area contributed by atoms with Crippen LogP contribution in [0, 0.1) is 17.9 Å². The summed E-state index contributed by atoms with van der Waals surface area (Å²) in [6.07, 6.45) is 7.76. The first kappa shape index (κ1) is 30.3. The number of rotatable bonds is 11. The van der Waals surface area contributed by atoms with Crippen LogP contribution in [0.15, 0.2) is 71.4 Å². The fourth-order valence-corrected chi connectivity index (χ4v) is 5.05. The Hall–Kier alpha value is -4.22. The summed E-state index contributed by atoms with van der Waals surface area (Å²) >= 11 is 0. The first-order valence-electron chi connectivity index (χ1n) is 14.2. The number of hydrogen-bond donors (Lipinski definition) is 1. The van der Waals surface area contributed by atoms with Crippen molar-refractivity contribution in [3.05, 3.63) is 100 Å². The smallest absolute Gasteiger partial charge is 0.191 e. The zero-order valence-corrected chi connectivity index (χ0v) is 24.7. The highest BCUT2D eigenvalue weighted by Crippen LogP contribution is 2.35. The van der Waals surface area contributed by atoms with E-state index in [1.807, 2.05) is 56.3 Å². The van der Waals surface area contributed by atoms with Gasteiger partial charge in [-0.25, -0.2) is 4.85 Å². The number of pyridine rings is 1. The van der Waals surface area contributed by atoms with Gasteiger partial charge in [-0.05, 0) is 91.6 Å². The van der Waals surface area contributed by atoms with Crippen LogP contribution in [0.5, 0.6) is 0 Å². The summed E-state index contributed by atoms with van der Waals surface area (Å²) in [6.45, 7) is 20.5. The predicted molar refractivity (Wildman–Crippen MR) is 167 cm³/mol. The zero-order chi connectivity index (χ0) is 29.3. The summed E-state index contributed by atoms with van der Waals surface area (Å²) in [6, 6.07) is 20.1. The zero-order valence-electron chi connectivity index (χ0n) is 24.7. The van der Waals surface area contributed by atoms with Crippen LogP contribution < -0.4 is 5.73 Å². The average Bonchev–Trinajstić information content (AvgIpc) is 2.96. The van der Waals surface area contributed by atoms with Crippen LogP contribution >= 0.6 is 0 Å². The maximum Gasteiger partial charge on any atom is 0.191 e. The largest absolute Gasteiger partial charge is 0.401 e. The lowest BCUT2D eigenvalue weighted by atomic mass is 9.84. The van der Waals surface area contributed by atoms with Crippen molar-refractivity contribution in [1.29, 1.82) is 5.26 Å². The van der Waals surface area contributed by atoms with Crippen molar-refractivity contribution in [2.75, 3.05) is 0 Å². The van der Waals surface area contributed by atoms with Crippen LogP contribution in [0.1, 0.15) is 101 Å². The number of aromatic nitrogens is 1. The lowest BCUT2D eigenvalue weighted by Crippen LogP contribution is -2.27. The monoisotopic (exact) mass is 531 g/mol. The van der Waals surface area contributed by atoms with Crippen LogP contribution in [0.2, 0.25) is 0 Å². The van der Waals surface area contributed by atoms with E-state index in [0.717, 1.165) is 59.4 Å². The third kappa shape index (κ3) is 7.04. The molecule has 0 bridgehead atoms. The molecule has 3 aromatic rings. The number of hydrogen-bond acceptors (Lipinski definition) is 4. The molecule has 5 heteroatoms. The van der Waals surface area contributed by atoms with Gasteiger partial charge in [0, 0.05) is 17.3 Å². The molecule has 2 unspecified atom stereocenters. The molecule has 0 aliphatic carbocycles. The lowest BCUT2D eigenvalue weighted by Gasteiger charge is -2.25. The van der Waals surface area contributed by atoms with Gasteiger partial charge in [0.15, 0.2) is 5.69 Å². The van der Waals surface area contributed by atoms with E-state index in [9.17, 15) is 5.26 Å². The molecular formula is C35H41N5. The summed E-state index contributed by atoms with van der Waals surface area (Å²) in [7, 11) is 0. The van der Waals surface area contributed by atoms with E-state index in [1.165, 1.54) is 0 Å². The minimum absolute atomic E-state index is 0.341. The second-order valence-electron chi connectivity index (χ2n) is 11.1. The first-order valence-corrected chi connectivity index (χ1v) is 14.2. The fourth-order valence-electron chi connectivity index (χ4n) is 5.05. The standard InChI is InChI=1S/C35H41N5/c1-8-11-24(3)29-18-16-28(21-27(29)23-36)39-20-19-33(37)35(5,6)34-14-10-13-31(40-34)26-15-17-30(25(4)12-9-2)32(22-26)38-7/h10,13-22,24-25H,8-9,11-12,37H2,1-6H3. The number of nitriles is 1. The highest BCUT2D eigenvalue weighted by Gasteiger charge is 2.25. The summed E-state index contributed by atoms with van der Waals surface area (Å²) in [4.78, 5) is 13.3. The molecule has 206 valence electrons. The second-order valence-corrected chi connectivity index (χ2v) is 11.1. The lowest BCUT2D eigenvalue weighted by molar-refractivity contribution is 0.595. The van der Waals surface area contributed by atoms with E-state index >= 15 is 0 Å². The molecule has 0 saturated carbocycles. The number of benzene rings is 2. The predicted octanol–water partition coefficient (Wildman–Crippen LogP) is 9.50. The van der Waals surface area contributed by atoms with Gasteiger partial charge in [-0.15, -0.1) is 0 Å². The molecule has 3 rings (SSSR count). The van der Waals surface area contributed by atoms with Gasteiger partial charge >= 0.3 is 0 Å². The Kier molecular flexibility index (Phi) is 10.4.